The van der Waals surface area contributed by atoms with Crippen molar-refractivity contribution >= 4 is 17.7 Å². The lowest BCUT2D eigenvalue weighted by atomic mass is 9.89. The molecule has 0 unspecified atom stereocenters. The van der Waals surface area contributed by atoms with Crippen molar-refractivity contribution < 1.29 is 9.18 Å². The first-order chi connectivity index (χ1) is 8.97. The molecule has 1 aromatic rings. The molecule has 1 rings (SSSR count). The molecule has 0 aliphatic carbocycles. The van der Waals surface area contributed by atoms with Crippen molar-refractivity contribution in [3.8, 4) is 0 Å². The quantitative estimate of drug-likeness (QED) is 0.775. The van der Waals surface area contributed by atoms with E-state index in [1.54, 1.807) is 23.9 Å². The van der Waals surface area contributed by atoms with Gasteiger partial charge in [-0.25, -0.2) is 4.39 Å². The highest BCUT2D eigenvalue weighted by molar-refractivity contribution is 7.98. The lowest BCUT2D eigenvalue weighted by Crippen LogP contribution is -2.37. The van der Waals surface area contributed by atoms with Gasteiger partial charge in [-0.3, -0.25) is 4.79 Å². The van der Waals surface area contributed by atoms with Crippen molar-refractivity contribution in [2.24, 2.45) is 5.41 Å². The molecule has 1 amide bonds. The Bertz CT molecular complexity index is 420. The summed E-state index contributed by atoms with van der Waals surface area (Å²) in [5.74, 6) is 1.35. The van der Waals surface area contributed by atoms with Gasteiger partial charge in [0.05, 0.1) is 0 Å². The molecule has 0 aliphatic rings. The fourth-order valence-corrected chi connectivity index (χ4v) is 2.28. The zero-order chi connectivity index (χ0) is 14.3. The van der Waals surface area contributed by atoms with Gasteiger partial charge >= 0.3 is 0 Å². The maximum Gasteiger partial charge on any atom is 0.225 e. The maximum absolute atomic E-state index is 13.3. The average molecular weight is 283 g/mol. The summed E-state index contributed by atoms with van der Waals surface area (Å²) >= 11 is 1.63. The molecule has 19 heavy (non-hydrogen) atoms. The van der Waals surface area contributed by atoms with Crippen LogP contribution in [-0.2, 0) is 10.5 Å². The van der Waals surface area contributed by atoms with Gasteiger partial charge in [0.15, 0.2) is 0 Å². The highest BCUT2D eigenvalue weighted by Gasteiger charge is 2.24. The van der Waals surface area contributed by atoms with Gasteiger partial charge in [-0.15, -0.1) is 0 Å². The monoisotopic (exact) mass is 283 g/mol. The first-order valence-corrected chi connectivity index (χ1v) is 7.72. The van der Waals surface area contributed by atoms with E-state index in [0.717, 1.165) is 12.2 Å². The zero-order valence-corrected chi connectivity index (χ0v) is 12.6. The van der Waals surface area contributed by atoms with Crippen LogP contribution in [0.25, 0.3) is 0 Å². The summed E-state index contributed by atoms with van der Waals surface area (Å²) in [6, 6.07) is 6.80. The minimum Gasteiger partial charge on any atom is -0.355 e. The lowest BCUT2D eigenvalue weighted by Gasteiger charge is -2.21. The second-order valence-corrected chi connectivity index (χ2v) is 6.24. The van der Waals surface area contributed by atoms with Crippen molar-refractivity contribution in [2.75, 3.05) is 12.3 Å². The van der Waals surface area contributed by atoms with Crippen LogP contribution in [0.15, 0.2) is 24.3 Å². The fourth-order valence-electron chi connectivity index (χ4n) is 1.43. The van der Waals surface area contributed by atoms with Crippen molar-refractivity contribution in [3.05, 3.63) is 35.6 Å². The molecule has 0 fully saturated rings. The van der Waals surface area contributed by atoms with Crippen molar-refractivity contribution in [1.29, 1.82) is 0 Å². The Balaban J connectivity index is 2.22. The number of carbonyl (C=O) groups excluding carboxylic acids is 1. The van der Waals surface area contributed by atoms with E-state index < -0.39 is 0 Å². The Morgan fingerprint density at radius 1 is 1.37 bits per heavy atom. The molecule has 106 valence electrons. The van der Waals surface area contributed by atoms with Crippen molar-refractivity contribution in [1.82, 2.24) is 5.32 Å². The molecule has 0 atom stereocenters. The standard InChI is InChI=1S/C15H22FNOS/c1-4-15(2,3)14(18)17-9-10-19-11-12-7-5-6-8-13(12)16/h5-8H,4,9-11H2,1-3H3,(H,17,18). The van der Waals surface area contributed by atoms with Gasteiger partial charge in [0.2, 0.25) is 5.91 Å². The fraction of sp³-hybridized carbons (Fsp3) is 0.533. The van der Waals surface area contributed by atoms with E-state index in [0.29, 0.717) is 17.9 Å². The van der Waals surface area contributed by atoms with Gasteiger partial charge in [-0.2, -0.15) is 11.8 Å². The molecule has 2 nitrogen and oxygen atoms in total. The third-order valence-corrected chi connectivity index (χ3v) is 4.25. The Labute approximate surface area is 119 Å². The Morgan fingerprint density at radius 3 is 2.68 bits per heavy atom. The Morgan fingerprint density at radius 2 is 2.05 bits per heavy atom. The van der Waals surface area contributed by atoms with E-state index in [9.17, 15) is 9.18 Å². The predicted molar refractivity (Wildman–Crippen MR) is 79.6 cm³/mol. The first-order valence-electron chi connectivity index (χ1n) is 6.57. The molecule has 0 aliphatic heterocycles. The highest BCUT2D eigenvalue weighted by atomic mass is 32.2. The third kappa shape index (κ3) is 5.23. The second kappa shape index (κ2) is 7.53. The molecular formula is C15H22FNOS. The van der Waals surface area contributed by atoms with E-state index >= 15 is 0 Å². The van der Waals surface area contributed by atoms with Crippen LogP contribution in [-0.4, -0.2) is 18.2 Å². The summed E-state index contributed by atoms with van der Waals surface area (Å²) in [7, 11) is 0. The minimum atomic E-state index is -0.309. The van der Waals surface area contributed by atoms with Crippen LogP contribution < -0.4 is 5.32 Å². The maximum atomic E-state index is 13.3. The van der Waals surface area contributed by atoms with Crippen LogP contribution in [0.2, 0.25) is 0 Å². The SMILES string of the molecule is CCC(C)(C)C(=O)NCCSCc1ccccc1F. The molecule has 0 aromatic heterocycles. The number of halogens is 1. The number of thioether (sulfide) groups is 1. The molecule has 1 N–H and O–H groups in total. The number of hydrogen-bond donors (Lipinski definition) is 1. The lowest BCUT2D eigenvalue weighted by molar-refractivity contribution is -0.129. The Hall–Kier alpha value is -1.03. The summed E-state index contributed by atoms with van der Waals surface area (Å²) in [4.78, 5) is 11.8. The number of nitrogens with one attached hydrogen (secondary N) is 1. The third-order valence-electron chi connectivity index (χ3n) is 3.25. The van der Waals surface area contributed by atoms with Crippen LogP contribution in [0.1, 0.15) is 32.8 Å². The molecule has 0 saturated heterocycles. The zero-order valence-electron chi connectivity index (χ0n) is 11.8. The number of rotatable bonds is 7. The summed E-state index contributed by atoms with van der Waals surface area (Å²) in [5.41, 5.74) is 0.406. The van der Waals surface area contributed by atoms with Gasteiger partial charge in [0, 0.05) is 23.5 Å². The van der Waals surface area contributed by atoms with Gasteiger partial charge in [-0.05, 0) is 18.1 Å². The summed E-state index contributed by atoms with van der Waals surface area (Å²) in [6.07, 6.45) is 0.821. The number of benzene rings is 1. The molecule has 1 aromatic carbocycles. The summed E-state index contributed by atoms with van der Waals surface area (Å²) in [5, 5.41) is 2.92. The van der Waals surface area contributed by atoms with Gasteiger partial charge in [0.1, 0.15) is 5.82 Å². The van der Waals surface area contributed by atoms with E-state index in [1.165, 1.54) is 6.07 Å². The topological polar surface area (TPSA) is 29.1 Å². The highest BCUT2D eigenvalue weighted by Crippen LogP contribution is 2.19. The van der Waals surface area contributed by atoms with Gasteiger partial charge in [-0.1, -0.05) is 39.0 Å². The van der Waals surface area contributed by atoms with Crippen molar-refractivity contribution in [3.63, 3.8) is 0 Å². The van der Waals surface area contributed by atoms with Gasteiger partial charge in [0.25, 0.3) is 0 Å². The average Bonchev–Trinajstić information content (AvgIpc) is 2.40. The van der Waals surface area contributed by atoms with Crippen LogP contribution in [0.4, 0.5) is 4.39 Å². The van der Waals surface area contributed by atoms with Gasteiger partial charge < -0.3 is 5.32 Å². The van der Waals surface area contributed by atoms with E-state index in [2.05, 4.69) is 5.32 Å². The van der Waals surface area contributed by atoms with Crippen LogP contribution in [0.3, 0.4) is 0 Å². The molecule has 0 saturated carbocycles. The minimum absolute atomic E-state index is 0.0847. The normalized spacial score (nSPS) is 11.4. The second-order valence-electron chi connectivity index (χ2n) is 5.14. The van der Waals surface area contributed by atoms with Crippen LogP contribution >= 0.6 is 11.8 Å². The van der Waals surface area contributed by atoms with E-state index in [-0.39, 0.29) is 17.1 Å². The summed E-state index contributed by atoms with van der Waals surface area (Å²) in [6.45, 7) is 6.51. The Kier molecular flexibility index (Phi) is 6.35. The number of hydrogen-bond acceptors (Lipinski definition) is 2. The predicted octanol–water partition coefficient (Wildman–Crippen LogP) is 3.61. The van der Waals surface area contributed by atoms with Crippen LogP contribution in [0.5, 0.6) is 0 Å². The van der Waals surface area contributed by atoms with Crippen LogP contribution in [0, 0.1) is 11.2 Å². The molecule has 4 heteroatoms. The number of carbonyl (C=O) groups is 1. The number of amides is 1. The summed E-state index contributed by atoms with van der Waals surface area (Å²) < 4.78 is 13.3. The van der Waals surface area contributed by atoms with Crippen molar-refractivity contribution in [2.45, 2.75) is 32.9 Å². The molecule has 0 spiro atoms. The largest absolute Gasteiger partial charge is 0.355 e. The molecule has 0 heterocycles. The van der Waals surface area contributed by atoms with E-state index in [1.807, 2.05) is 26.8 Å². The molecule has 0 bridgehead atoms. The molecular weight excluding hydrogens is 261 g/mol. The molecule has 0 radical (unpaired) electrons. The smallest absolute Gasteiger partial charge is 0.225 e. The first kappa shape index (κ1) is 16.0. The van der Waals surface area contributed by atoms with E-state index in [4.69, 9.17) is 0 Å².